The summed E-state index contributed by atoms with van der Waals surface area (Å²) >= 11 is 0. The van der Waals surface area contributed by atoms with Crippen LogP contribution in [0.1, 0.15) is 36.0 Å². The van der Waals surface area contributed by atoms with Crippen LogP contribution >= 0.6 is 0 Å². The predicted octanol–water partition coefficient (Wildman–Crippen LogP) is 6.64. The molecule has 2 heterocycles. The van der Waals surface area contributed by atoms with Crippen LogP contribution in [0, 0.1) is 17.5 Å². The second-order valence-corrected chi connectivity index (χ2v) is 14.0. The minimum absolute atomic E-state index is 0.0358. The van der Waals surface area contributed by atoms with Crippen LogP contribution in [0.25, 0.3) is 0 Å². The number of halogens is 9. The van der Waals surface area contributed by atoms with Crippen LogP contribution in [0.4, 0.5) is 39.5 Å². The van der Waals surface area contributed by atoms with Crippen molar-refractivity contribution in [1.29, 1.82) is 0 Å². The molecule has 2 aliphatic rings. The van der Waals surface area contributed by atoms with E-state index in [4.69, 9.17) is 0 Å². The van der Waals surface area contributed by atoms with E-state index < -0.39 is 67.7 Å². The number of benzene rings is 3. The Morgan fingerprint density at radius 2 is 1.35 bits per heavy atom. The van der Waals surface area contributed by atoms with Gasteiger partial charge in [0.25, 0.3) is 5.60 Å². The van der Waals surface area contributed by atoms with Crippen LogP contribution in [0.15, 0.2) is 71.6 Å². The smallest absolute Gasteiger partial charge is 0.349 e. The van der Waals surface area contributed by atoms with Crippen molar-refractivity contribution in [3.63, 3.8) is 0 Å². The fourth-order valence-corrected chi connectivity index (χ4v) is 8.40. The lowest BCUT2D eigenvalue weighted by molar-refractivity contribution is -0.392. The predicted molar refractivity (Wildman–Crippen MR) is 154 cm³/mol. The molecule has 5 rings (SSSR count). The third kappa shape index (κ3) is 6.29. The van der Waals surface area contributed by atoms with Gasteiger partial charge in [-0.15, -0.1) is 0 Å². The molecule has 16 heteroatoms. The van der Waals surface area contributed by atoms with E-state index in [0.29, 0.717) is 37.4 Å². The molecular formula is C32H29F9N2O4S. The van der Waals surface area contributed by atoms with E-state index in [1.807, 2.05) is 0 Å². The molecular weight excluding hydrogens is 679 g/mol. The van der Waals surface area contributed by atoms with Crippen LogP contribution in [-0.2, 0) is 36.3 Å². The second kappa shape index (κ2) is 13.0. The molecule has 48 heavy (non-hydrogen) atoms. The molecule has 0 N–H and O–H groups in total. The number of hydrogen-bond acceptors (Lipinski definition) is 5. The van der Waals surface area contributed by atoms with Gasteiger partial charge in [0.15, 0.2) is 9.84 Å². The molecule has 0 bridgehead atoms. The van der Waals surface area contributed by atoms with Gasteiger partial charge >= 0.3 is 12.4 Å². The number of alkyl halides is 6. The average Bonchev–Trinajstić information content (AvgIpc) is 3.70. The zero-order valence-corrected chi connectivity index (χ0v) is 25.9. The summed E-state index contributed by atoms with van der Waals surface area (Å²) < 4.78 is 160. The molecule has 1 unspecified atom stereocenters. The van der Waals surface area contributed by atoms with Gasteiger partial charge in [-0.05, 0) is 61.2 Å². The molecule has 2 aliphatic heterocycles. The third-order valence-electron chi connectivity index (χ3n) is 8.88. The van der Waals surface area contributed by atoms with E-state index in [-0.39, 0.29) is 42.4 Å². The maximum Gasteiger partial charge on any atom is 0.430 e. The SMILES string of the molecule is O=C(CN1CCC(c2ccc(C(OCc3c(F)cccc3F)(C(F)(F)F)C(F)(F)F)cc2)(S(=O)(=O)c2ccc(F)cc2)C1)N1CCCC1. The van der Waals surface area contributed by atoms with Gasteiger partial charge in [-0.2, -0.15) is 26.3 Å². The van der Waals surface area contributed by atoms with Crippen LogP contribution in [0.3, 0.4) is 0 Å². The number of carbonyl (C=O) groups is 1. The van der Waals surface area contributed by atoms with Crippen molar-refractivity contribution in [2.24, 2.45) is 0 Å². The minimum atomic E-state index is -6.20. The van der Waals surface area contributed by atoms with E-state index in [0.717, 1.165) is 55.3 Å². The number of rotatable bonds is 9. The van der Waals surface area contributed by atoms with Crippen molar-refractivity contribution in [1.82, 2.24) is 9.80 Å². The Hall–Kier alpha value is -3.63. The van der Waals surface area contributed by atoms with Gasteiger partial charge in [0.2, 0.25) is 5.91 Å². The molecule has 260 valence electrons. The average molecular weight is 709 g/mol. The zero-order valence-electron chi connectivity index (χ0n) is 25.1. The molecule has 0 saturated carbocycles. The van der Waals surface area contributed by atoms with Crippen LogP contribution < -0.4 is 0 Å². The van der Waals surface area contributed by atoms with Crippen molar-refractivity contribution < 1.29 is 57.5 Å². The maximum absolute atomic E-state index is 14.5. The zero-order chi connectivity index (χ0) is 35.1. The summed E-state index contributed by atoms with van der Waals surface area (Å²) in [4.78, 5) is 15.7. The third-order valence-corrected chi connectivity index (χ3v) is 11.4. The van der Waals surface area contributed by atoms with Crippen LogP contribution in [-0.4, -0.2) is 69.2 Å². The summed E-state index contributed by atoms with van der Waals surface area (Å²) in [5.74, 6) is -3.86. The first-order chi connectivity index (χ1) is 22.4. The molecule has 3 aromatic carbocycles. The number of hydrogen-bond donors (Lipinski definition) is 0. The van der Waals surface area contributed by atoms with E-state index in [9.17, 15) is 52.7 Å². The molecule has 0 radical (unpaired) electrons. The van der Waals surface area contributed by atoms with Crippen LogP contribution in [0.5, 0.6) is 0 Å². The number of amides is 1. The first-order valence-electron chi connectivity index (χ1n) is 14.7. The molecule has 0 aromatic heterocycles. The number of sulfone groups is 1. The molecule has 0 spiro atoms. The standard InChI is InChI=1S/C32H29F9N2O4S/c33-23-10-12-24(13-11-23)48(45,46)29(14-17-42(20-29)18-28(44)43-15-1-2-16-43)21-6-8-22(9-7-21)30(31(36,37)38,32(39,40)41)47-19-25-26(34)4-3-5-27(25)35/h3-13H,1-2,14-20H2. The van der Waals surface area contributed by atoms with E-state index in [2.05, 4.69) is 4.74 Å². The van der Waals surface area contributed by atoms with Crippen molar-refractivity contribution in [2.45, 2.75) is 53.5 Å². The topological polar surface area (TPSA) is 66.9 Å². The first kappa shape index (κ1) is 35.7. The Balaban J connectivity index is 1.57. The van der Waals surface area contributed by atoms with Gasteiger partial charge in [-0.3, -0.25) is 9.69 Å². The Morgan fingerprint density at radius 1 is 0.792 bits per heavy atom. The largest absolute Gasteiger partial charge is 0.430 e. The van der Waals surface area contributed by atoms with Crippen molar-refractivity contribution >= 4 is 15.7 Å². The Labute approximate surface area is 270 Å². The highest BCUT2D eigenvalue weighted by molar-refractivity contribution is 7.92. The highest BCUT2D eigenvalue weighted by Crippen LogP contribution is 2.54. The summed E-state index contributed by atoms with van der Waals surface area (Å²) in [5, 5.41) is 0. The lowest BCUT2D eigenvalue weighted by atomic mass is 9.88. The quantitative estimate of drug-likeness (QED) is 0.184. The summed E-state index contributed by atoms with van der Waals surface area (Å²) in [7, 11) is -4.51. The highest BCUT2D eigenvalue weighted by Gasteiger charge is 2.73. The number of carbonyl (C=O) groups excluding carboxylic acids is 1. The Morgan fingerprint density at radius 3 is 1.90 bits per heavy atom. The molecule has 0 aliphatic carbocycles. The van der Waals surface area contributed by atoms with Crippen molar-refractivity contribution in [3.05, 3.63) is 101 Å². The maximum atomic E-state index is 14.5. The molecule has 2 fully saturated rings. The number of ether oxygens (including phenoxy) is 1. The minimum Gasteiger partial charge on any atom is -0.349 e. The molecule has 2 saturated heterocycles. The van der Waals surface area contributed by atoms with Crippen LogP contribution in [0.2, 0.25) is 0 Å². The van der Waals surface area contributed by atoms with Crippen molar-refractivity contribution in [3.8, 4) is 0 Å². The fourth-order valence-electron chi connectivity index (χ4n) is 6.29. The summed E-state index contributed by atoms with van der Waals surface area (Å²) in [6.45, 7) is -1.18. The molecule has 1 atom stereocenters. The molecule has 6 nitrogen and oxygen atoms in total. The first-order valence-corrected chi connectivity index (χ1v) is 16.2. The lowest BCUT2D eigenvalue weighted by Crippen LogP contribution is -2.56. The summed E-state index contributed by atoms with van der Waals surface area (Å²) in [6.07, 6.45) is -11.0. The van der Waals surface area contributed by atoms with Gasteiger partial charge in [0.05, 0.1) is 18.0 Å². The monoisotopic (exact) mass is 708 g/mol. The number of likely N-dealkylation sites (tertiary alicyclic amines) is 2. The van der Waals surface area contributed by atoms with Gasteiger partial charge in [0, 0.05) is 37.3 Å². The molecule has 1 amide bonds. The second-order valence-electron chi connectivity index (χ2n) is 11.7. The van der Waals surface area contributed by atoms with Crippen molar-refractivity contribution in [2.75, 3.05) is 32.7 Å². The number of nitrogens with zero attached hydrogens (tertiary/aromatic N) is 2. The Kier molecular flexibility index (Phi) is 9.67. The van der Waals surface area contributed by atoms with E-state index >= 15 is 0 Å². The van der Waals surface area contributed by atoms with E-state index in [1.165, 1.54) is 4.90 Å². The molecule has 3 aromatic rings. The van der Waals surface area contributed by atoms with Gasteiger partial charge in [-0.1, -0.05) is 30.3 Å². The summed E-state index contributed by atoms with van der Waals surface area (Å²) in [5.41, 5.74) is -7.94. The summed E-state index contributed by atoms with van der Waals surface area (Å²) in [6, 6.07) is 8.34. The van der Waals surface area contributed by atoms with Gasteiger partial charge < -0.3 is 9.64 Å². The highest BCUT2D eigenvalue weighted by atomic mass is 32.2. The Bertz CT molecular complexity index is 1710. The fraction of sp³-hybridized carbons (Fsp3) is 0.406. The normalized spacial score (nSPS) is 19.6. The van der Waals surface area contributed by atoms with Gasteiger partial charge in [-0.25, -0.2) is 21.6 Å². The van der Waals surface area contributed by atoms with E-state index in [1.54, 1.807) is 4.90 Å². The van der Waals surface area contributed by atoms with Gasteiger partial charge in [0.1, 0.15) is 22.2 Å². The lowest BCUT2D eigenvalue weighted by Gasteiger charge is -2.38.